The van der Waals surface area contributed by atoms with E-state index in [2.05, 4.69) is 9.93 Å². The summed E-state index contributed by atoms with van der Waals surface area (Å²) in [7, 11) is -2.28. The highest BCUT2D eigenvalue weighted by atomic mass is 32.2. The zero-order chi connectivity index (χ0) is 16.9. The van der Waals surface area contributed by atoms with Crippen LogP contribution in [0.4, 0.5) is 0 Å². The van der Waals surface area contributed by atoms with Gasteiger partial charge in [0.1, 0.15) is 11.5 Å². The summed E-state index contributed by atoms with van der Waals surface area (Å²) in [6.45, 7) is 1.83. The third-order valence-corrected chi connectivity index (χ3v) is 4.44. The van der Waals surface area contributed by atoms with E-state index in [0.717, 1.165) is 0 Å². The van der Waals surface area contributed by atoms with Crippen molar-refractivity contribution in [2.45, 2.75) is 18.2 Å². The molecule has 0 bridgehead atoms. The number of ether oxygens (including phenoxy) is 1. The minimum absolute atomic E-state index is 0.0525. The average molecular weight is 334 g/mol. The maximum Gasteiger partial charge on any atom is 0.276 e. The minimum atomic E-state index is -3.79. The van der Waals surface area contributed by atoms with Crippen LogP contribution in [0.1, 0.15) is 18.9 Å². The van der Waals surface area contributed by atoms with Crippen molar-refractivity contribution in [2.75, 3.05) is 7.11 Å². The molecule has 0 saturated heterocycles. The van der Waals surface area contributed by atoms with E-state index in [0.29, 0.717) is 23.4 Å². The van der Waals surface area contributed by atoms with E-state index in [9.17, 15) is 13.5 Å². The molecule has 0 heterocycles. The monoisotopic (exact) mass is 334 g/mol. The smallest absolute Gasteiger partial charge is 0.276 e. The first-order chi connectivity index (χ1) is 11.0. The van der Waals surface area contributed by atoms with Crippen LogP contribution in [0.5, 0.6) is 11.5 Å². The van der Waals surface area contributed by atoms with Gasteiger partial charge in [0.05, 0.1) is 17.7 Å². The molecule has 0 unspecified atom stereocenters. The molecular formula is C16H18N2O4S. The lowest BCUT2D eigenvalue weighted by Crippen LogP contribution is -2.20. The van der Waals surface area contributed by atoms with Gasteiger partial charge in [0.2, 0.25) is 0 Å². The number of hydrazone groups is 1. The molecule has 0 radical (unpaired) electrons. The molecule has 0 aliphatic rings. The lowest BCUT2D eigenvalue weighted by Gasteiger charge is -2.09. The average Bonchev–Trinajstić information content (AvgIpc) is 2.57. The normalized spacial score (nSPS) is 12.0. The number of sulfonamides is 1. The molecule has 2 rings (SSSR count). The maximum atomic E-state index is 12.2. The van der Waals surface area contributed by atoms with E-state index in [1.807, 2.05) is 6.92 Å². The van der Waals surface area contributed by atoms with Gasteiger partial charge in [-0.05, 0) is 42.8 Å². The molecule has 0 fully saturated rings. The van der Waals surface area contributed by atoms with E-state index in [4.69, 9.17) is 4.74 Å². The van der Waals surface area contributed by atoms with Gasteiger partial charge in [-0.2, -0.15) is 18.4 Å². The number of benzene rings is 2. The molecule has 0 aliphatic heterocycles. The van der Waals surface area contributed by atoms with Crippen LogP contribution in [0.3, 0.4) is 0 Å². The highest BCUT2D eigenvalue weighted by molar-refractivity contribution is 7.89. The fraction of sp³-hybridized carbons (Fsp3) is 0.188. The van der Waals surface area contributed by atoms with Gasteiger partial charge in [0, 0.05) is 5.56 Å². The summed E-state index contributed by atoms with van der Waals surface area (Å²) < 4.78 is 29.5. The molecule has 7 heteroatoms. The van der Waals surface area contributed by atoms with Crippen LogP contribution in [0.15, 0.2) is 58.5 Å². The first kappa shape index (κ1) is 16.8. The Hall–Kier alpha value is -2.54. The molecule has 0 aliphatic carbocycles. The Morgan fingerprint density at radius 1 is 1.17 bits per heavy atom. The number of phenolic OH excluding ortho intramolecular Hbond substituents is 1. The molecule has 6 nitrogen and oxygen atoms in total. The molecule has 0 saturated carbocycles. The zero-order valence-corrected chi connectivity index (χ0v) is 13.7. The van der Waals surface area contributed by atoms with Crippen molar-refractivity contribution >= 4 is 15.7 Å². The van der Waals surface area contributed by atoms with Crippen molar-refractivity contribution in [1.82, 2.24) is 4.83 Å². The number of rotatable bonds is 6. The van der Waals surface area contributed by atoms with Crippen molar-refractivity contribution in [3.63, 3.8) is 0 Å². The molecule has 122 valence electrons. The van der Waals surface area contributed by atoms with Gasteiger partial charge in [-0.25, -0.2) is 0 Å². The van der Waals surface area contributed by atoms with Crippen molar-refractivity contribution in [2.24, 2.45) is 5.10 Å². The van der Waals surface area contributed by atoms with Crippen LogP contribution in [-0.4, -0.2) is 26.3 Å². The lowest BCUT2D eigenvalue weighted by atomic mass is 10.1. The SMILES string of the molecule is CCC(=NNS(=O)(=O)c1ccc(OC)cc1)c1ccccc1O. The van der Waals surface area contributed by atoms with E-state index < -0.39 is 10.0 Å². The molecule has 0 amide bonds. The molecule has 0 aromatic heterocycles. The fourth-order valence-electron chi connectivity index (χ4n) is 1.97. The Morgan fingerprint density at radius 3 is 2.39 bits per heavy atom. The molecular weight excluding hydrogens is 316 g/mol. The number of hydrogen-bond donors (Lipinski definition) is 2. The summed E-state index contributed by atoms with van der Waals surface area (Å²) >= 11 is 0. The molecule has 0 spiro atoms. The second-order valence-electron chi connectivity index (χ2n) is 4.70. The molecule has 0 atom stereocenters. The highest BCUT2D eigenvalue weighted by Gasteiger charge is 2.14. The predicted molar refractivity (Wildman–Crippen MR) is 88.3 cm³/mol. The largest absolute Gasteiger partial charge is 0.507 e. The van der Waals surface area contributed by atoms with Crippen molar-refractivity contribution in [1.29, 1.82) is 0 Å². The number of phenols is 1. The van der Waals surface area contributed by atoms with Gasteiger partial charge in [-0.1, -0.05) is 19.1 Å². The van der Waals surface area contributed by atoms with Gasteiger partial charge in [0.15, 0.2) is 0 Å². The van der Waals surface area contributed by atoms with Gasteiger partial charge >= 0.3 is 0 Å². The van der Waals surface area contributed by atoms with Crippen LogP contribution in [0.2, 0.25) is 0 Å². The van der Waals surface area contributed by atoms with Crippen LogP contribution in [0, 0.1) is 0 Å². The Kier molecular flexibility index (Phi) is 5.23. The fourth-order valence-corrected chi connectivity index (χ4v) is 2.80. The van der Waals surface area contributed by atoms with Crippen LogP contribution in [0.25, 0.3) is 0 Å². The number of nitrogens with one attached hydrogen (secondary N) is 1. The summed E-state index contributed by atoms with van der Waals surface area (Å²) in [5.41, 5.74) is 0.938. The molecule has 23 heavy (non-hydrogen) atoms. The van der Waals surface area contributed by atoms with Crippen LogP contribution < -0.4 is 9.57 Å². The van der Waals surface area contributed by atoms with Gasteiger partial charge < -0.3 is 9.84 Å². The van der Waals surface area contributed by atoms with E-state index in [1.165, 1.54) is 25.3 Å². The predicted octanol–water partition coefficient (Wildman–Crippen LogP) is 2.49. The second kappa shape index (κ2) is 7.15. The Balaban J connectivity index is 2.26. The zero-order valence-electron chi connectivity index (χ0n) is 12.9. The topological polar surface area (TPSA) is 88.0 Å². The maximum absolute atomic E-state index is 12.2. The quantitative estimate of drug-likeness (QED) is 0.627. The number of nitrogens with zero attached hydrogens (tertiary/aromatic N) is 1. The van der Waals surface area contributed by atoms with Gasteiger partial charge in [-0.3, -0.25) is 0 Å². The number of para-hydroxylation sites is 1. The third kappa shape index (κ3) is 4.01. The number of aromatic hydroxyl groups is 1. The summed E-state index contributed by atoms with van der Waals surface area (Å²) in [6, 6.07) is 12.6. The summed E-state index contributed by atoms with van der Waals surface area (Å²) in [4.78, 5) is 2.28. The van der Waals surface area contributed by atoms with Gasteiger partial charge in [0.25, 0.3) is 10.0 Å². The van der Waals surface area contributed by atoms with Crippen molar-refractivity contribution < 1.29 is 18.3 Å². The molecule has 2 N–H and O–H groups in total. The third-order valence-electron chi connectivity index (χ3n) is 3.22. The Labute approximate surface area is 135 Å². The minimum Gasteiger partial charge on any atom is -0.507 e. The number of methoxy groups -OCH3 is 1. The molecule has 2 aromatic carbocycles. The first-order valence-corrected chi connectivity index (χ1v) is 8.47. The highest BCUT2D eigenvalue weighted by Crippen LogP contribution is 2.19. The number of hydrogen-bond acceptors (Lipinski definition) is 5. The standard InChI is InChI=1S/C16H18N2O4S/c1-3-15(14-6-4-5-7-16(14)19)17-18-23(20,21)13-10-8-12(22-2)9-11-13/h4-11,18-19H,3H2,1-2H3. The summed E-state index contributed by atoms with van der Waals surface area (Å²) in [6.07, 6.45) is 0.461. The second-order valence-corrected chi connectivity index (χ2v) is 6.36. The van der Waals surface area contributed by atoms with E-state index in [1.54, 1.807) is 30.3 Å². The van der Waals surface area contributed by atoms with E-state index in [-0.39, 0.29) is 10.6 Å². The Bertz CT molecular complexity index is 799. The first-order valence-electron chi connectivity index (χ1n) is 6.98. The van der Waals surface area contributed by atoms with Crippen LogP contribution in [-0.2, 0) is 10.0 Å². The Morgan fingerprint density at radius 2 is 1.83 bits per heavy atom. The molecule has 2 aromatic rings. The van der Waals surface area contributed by atoms with Crippen LogP contribution >= 0.6 is 0 Å². The van der Waals surface area contributed by atoms with Crippen molar-refractivity contribution in [3.8, 4) is 11.5 Å². The van der Waals surface area contributed by atoms with E-state index >= 15 is 0 Å². The summed E-state index contributed by atoms with van der Waals surface area (Å²) in [5.74, 6) is 0.618. The lowest BCUT2D eigenvalue weighted by molar-refractivity contribution is 0.414. The summed E-state index contributed by atoms with van der Waals surface area (Å²) in [5, 5.41) is 13.8. The van der Waals surface area contributed by atoms with Gasteiger partial charge in [-0.15, -0.1) is 0 Å². The van der Waals surface area contributed by atoms with Crippen molar-refractivity contribution in [3.05, 3.63) is 54.1 Å².